The number of hydrogen-bond acceptors (Lipinski definition) is 2. The first-order chi connectivity index (χ1) is 10.9. The molecule has 0 atom stereocenters. The molecule has 2 N–H and O–H groups in total. The molecule has 1 amide bonds. The molecule has 2 aliphatic rings. The highest BCUT2D eigenvalue weighted by atomic mass is 35.5. The molecule has 2 aliphatic carbocycles. The summed E-state index contributed by atoms with van der Waals surface area (Å²) >= 11 is 0. The van der Waals surface area contributed by atoms with Crippen LogP contribution in [0.3, 0.4) is 0 Å². The maximum atomic E-state index is 12.9. The summed E-state index contributed by atoms with van der Waals surface area (Å²) < 4.78 is 38.7. The highest BCUT2D eigenvalue weighted by molar-refractivity contribution is 5.85. The molecule has 0 heterocycles. The van der Waals surface area contributed by atoms with Crippen molar-refractivity contribution >= 4 is 18.3 Å². The minimum atomic E-state index is -4.36. The quantitative estimate of drug-likeness (QED) is 0.811. The number of nitrogens with one attached hydrogen (secondary N) is 2. The van der Waals surface area contributed by atoms with E-state index in [2.05, 4.69) is 10.6 Å². The third-order valence-electron chi connectivity index (χ3n) is 4.74. The lowest BCUT2D eigenvalue weighted by atomic mass is 9.71. The summed E-state index contributed by atoms with van der Waals surface area (Å²) in [4.78, 5) is 12.1. The summed E-state index contributed by atoms with van der Waals surface area (Å²) in [5.74, 6) is 0.534. The average molecular weight is 363 g/mol. The first kappa shape index (κ1) is 19.1. The van der Waals surface area contributed by atoms with E-state index >= 15 is 0 Å². The Labute approximate surface area is 145 Å². The number of halogens is 4. The van der Waals surface area contributed by atoms with Crippen molar-refractivity contribution in [2.45, 2.75) is 43.8 Å². The van der Waals surface area contributed by atoms with E-state index < -0.39 is 17.3 Å². The summed E-state index contributed by atoms with van der Waals surface area (Å²) in [7, 11) is 0. The van der Waals surface area contributed by atoms with E-state index in [0.29, 0.717) is 24.3 Å². The molecule has 1 aromatic rings. The predicted molar refractivity (Wildman–Crippen MR) is 88.0 cm³/mol. The number of carbonyl (C=O) groups excluding carboxylic acids is 1. The van der Waals surface area contributed by atoms with Crippen molar-refractivity contribution in [2.24, 2.45) is 5.92 Å². The van der Waals surface area contributed by atoms with Gasteiger partial charge in [-0.15, -0.1) is 12.4 Å². The number of alkyl halides is 3. The molecule has 0 aliphatic heterocycles. The summed E-state index contributed by atoms with van der Waals surface area (Å²) in [5.41, 5.74) is -0.754. The molecule has 0 bridgehead atoms. The van der Waals surface area contributed by atoms with Crippen LogP contribution in [0.1, 0.15) is 43.2 Å². The zero-order chi connectivity index (χ0) is 16.5. The first-order valence-corrected chi connectivity index (χ1v) is 8.08. The molecule has 134 valence electrons. The highest BCUT2D eigenvalue weighted by Gasteiger charge is 2.41. The van der Waals surface area contributed by atoms with Crippen molar-refractivity contribution in [1.82, 2.24) is 10.6 Å². The number of carbonyl (C=O) groups is 1. The Hall–Kier alpha value is -1.27. The van der Waals surface area contributed by atoms with Crippen molar-refractivity contribution in [2.75, 3.05) is 13.1 Å². The number of benzene rings is 1. The Morgan fingerprint density at radius 1 is 1.25 bits per heavy atom. The SMILES string of the molecule is Cl.O=C(CNCC1CC1)NC1(c2cccc(C(F)(F)F)c2)CCC1. The van der Waals surface area contributed by atoms with Gasteiger partial charge in [0.15, 0.2) is 0 Å². The zero-order valence-corrected chi connectivity index (χ0v) is 14.1. The van der Waals surface area contributed by atoms with Crippen molar-refractivity contribution in [3.63, 3.8) is 0 Å². The minimum Gasteiger partial charge on any atom is -0.345 e. The van der Waals surface area contributed by atoms with E-state index in [4.69, 9.17) is 0 Å². The van der Waals surface area contributed by atoms with Gasteiger partial charge in [-0.3, -0.25) is 4.79 Å². The number of hydrogen-bond donors (Lipinski definition) is 2. The lowest BCUT2D eigenvalue weighted by Crippen LogP contribution is -2.53. The number of amides is 1. The van der Waals surface area contributed by atoms with E-state index in [1.165, 1.54) is 18.9 Å². The van der Waals surface area contributed by atoms with Crippen LogP contribution in [0.2, 0.25) is 0 Å². The molecule has 7 heteroatoms. The molecular formula is C17H22ClF3N2O. The molecule has 0 unspecified atom stereocenters. The lowest BCUT2D eigenvalue weighted by molar-refractivity contribution is -0.137. The first-order valence-electron chi connectivity index (χ1n) is 8.08. The van der Waals surface area contributed by atoms with Gasteiger partial charge < -0.3 is 10.6 Å². The maximum absolute atomic E-state index is 12.9. The van der Waals surface area contributed by atoms with Crippen molar-refractivity contribution in [3.05, 3.63) is 35.4 Å². The molecule has 2 saturated carbocycles. The lowest BCUT2D eigenvalue weighted by Gasteiger charge is -2.43. The molecule has 0 aromatic heterocycles. The molecule has 0 radical (unpaired) electrons. The molecule has 2 fully saturated rings. The van der Waals surface area contributed by atoms with Crippen LogP contribution in [-0.4, -0.2) is 19.0 Å². The molecular weight excluding hydrogens is 341 g/mol. The van der Waals surface area contributed by atoms with Gasteiger partial charge in [-0.2, -0.15) is 13.2 Å². The highest BCUT2D eigenvalue weighted by Crippen LogP contribution is 2.42. The Balaban J connectivity index is 0.00000208. The van der Waals surface area contributed by atoms with Crippen molar-refractivity contribution in [3.8, 4) is 0 Å². The third-order valence-corrected chi connectivity index (χ3v) is 4.74. The molecule has 3 rings (SSSR count). The van der Waals surface area contributed by atoms with Crippen LogP contribution in [-0.2, 0) is 16.5 Å². The van der Waals surface area contributed by atoms with Gasteiger partial charge in [-0.25, -0.2) is 0 Å². The fraction of sp³-hybridized carbons (Fsp3) is 0.588. The smallest absolute Gasteiger partial charge is 0.345 e. The van der Waals surface area contributed by atoms with Gasteiger partial charge in [-0.1, -0.05) is 12.1 Å². The van der Waals surface area contributed by atoms with Gasteiger partial charge in [-0.05, 0) is 62.3 Å². The van der Waals surface area contributed by atoms with Crippen LogP contribution in [0.4, 0.5) is 13.2 Å². The fourth-order valence-corrected chi connectivity index (χ4v) is 3.03. The van der Waals surface area contributed by atoms with Crippen LogP contribution in [0.5, 0.6) is 0 Å². The van der Waals surface area contributed by atoms with Gasteiger partial charge in [0.25, 0.3) is 0 Å². The molecule has 24 heavy (non-hydrogen) atoms. The van der Waals surface area contributed by atoms with E-state index in [0.717, 1.165) is 25.1 Å². The maximum Gasteiger partial charge on any atom is 0.416 e. The second-order valence-electron chi connectivity index (χ2n) is 6.64. The molecule has 0 spiro atoms. The van der Waals surface area contributed by atoms with Gasteiger partial charge in [0.1, 0.15) is 0 Å². The monoisotopic (exact) mass is 362 g/mol. The summed E-state index contributed by atoms with van der Waals surface area (Å²) in [6.45, 7) is 1.06. The van der Waals surface area contributed by atoms with Gasteiger partial charge in [0, 0.05) is 0 Å². The predicted octanol–water partition coefficient (Wildman–Crippen LogP) is 3.62. The summed E-state index contributed by atoms with van der Waals surface area (Å²) in [6.07, 6.45) is 0.333. The van der Waals surface area contributed by atoms with Crippen LogP contribution in [0.25, 0.3) is 0 Å². The molecule has 0 saturated heterocycles. The topological polar surface area (TPSA) is 41.1 Å². The standard InChI is InChI=1S/C17H21F3N2O.ClH/c18-17(19,20)14-4-1-3-13(9-14)16(7-2-8-16)22-15(23)11-21-10-12-5-6-12;/h1,3-4,9,12,21H,2,5-8,10-11H2,(H,22,23);1H. The Morgan fingerprint density at radius 2 is 1.96 bits per heavy atom. The molecule has 3 nitrogen and oxygen atoms in total. The average Bonchev–Trinajstić information content (AvgIpc) is 3.26. The van der Waals surface area contributed by atoms with Crippen LogP contribution >= 0.6 is 12.4 Å². The normalized spacial score (nSPS) is 19.1. The Bertz CT molecular complexity index is 583. The Kier molecular flexibility index (Phi) is 5.81. The fourth-order valence-electron chi connectivity index (χ4n) is 3.03. The van der Waals surface area contributed by atoms with Gasteiger partial charge >= 0.3 is 6.18 Å². The van der Waals surface area contributed by atoms with Gasteiger partial charge in [0.2, 0.25) is 5.91 Å². The third kappa shape index (κ3) is 4.42. The zero-order valence-electron chi connectivity index (χ0n) is 13.3. The Morgan fingerprint density at radius 3 is 2.50 bits per heavy atom. The van der Waals surface area contributed by atoms with Crippen LogP contribution in [0, 0.1) is 5.92 Å². The summed E-state index contributed by atoms with van der Waals surface area (Å²) in [6, 6.07) is 5.31. The van der Waals surface area contributed by atoms with E-state index in [1.54, 1.807) is 6.07 Å². The van der Waals surface area contributed by atoms with Gasteiger partial charge in [0.05, 0.1) is 17.6 Å². The largest absolute Gasteiger partial charge is 0.416 e. The molecule has 1 aromatic carbocycles. The van der Waals surface area contributed by atoms with Crippen LogP contribution < -0.4 is 10.6 Å². The van der Waals surface area contributed by atoms with Crippen molar-refractivity contribution < 1.29 is 18.0 Å². The van der Waals surface area contributed by atoms with E-state index in [9.17, 15) is 18.0 Å². The minimum absolute atomic E-state index is 0. The second kappa shape index (κ2) is 7.31. The van der Waals surface area contributed by atoms with E-state index in [1.807, 2.05) is 0 Å². The van der Waals surface area contributed by atoms with E-state index in [-0.39, 0.29) is 24.9 Å². The summed E-state index contributed by atoms with van der Waals surface area (Å²) in [5, 5.41) is 6.06. The van der Waals surface area contributed by atoms with Crippen molar-refractivity contribution in [1.29, 1.82) is 0 Å². The number of rotatable bonds is 6. The van der Waals surface area contributed by atoms with Crippen LogP contribution in [0.15, 0.2) is 24.3 Å². The second-order valence-corrected chi connectivity index (χ2v) is 6.64.